The molecule has 0 heterocycles. The lowest BCUT2D eigenvalue weighted by molar-refractivity contribution is -0.143. The molecular formula is C15H16F6N2O3. The predicted molar refractivity (Wildman–Crippen MR) is 79.2 cm³/mol. The minimum absolute atomic E-state index is 0.0582. The Hall–Kier alpha value is -2.30. The first-order valence-corrected chi connectivity index (χ1v) is 7.41. The molecular weight excluding hydrogens is 370 g/mol. The summed E-state index contributed by atoms with van der Waals surface area (Å²) in [6.45, 7) is 2.60. The molecule has 0 aromatic heterocycles. The van der Waals surface area contributed by atoms with E-state index in [0.717, 1.165) is 0 Å². The van der Waals surface area contributed by atoms with Crippen molar-refractivity contribution in [2.75, 3.05) is 25.1 Å². The molecule has 146 valence electrons. The normalized spacial score (nSPS) is 12.0. The highest BCUT2D eigenvalue weighted by atomic mass is 19.4. The van der Waals surface area contributed by atoms with Crippen LogP contribution in [0.25, 0.3) is 0 Å². The molecule has 5 nitrogen and oxygen atoms in total. The first-order valence-electron chi connectivity index (χ1n) is 7.41. The average molecular weight is 386 g/mol. The summed E-state index contributed by atoms with van der Waals surface area (Å²) in [6, 6.07) is 0.550. The second-order valence-electron chi connectivity index (χ2n) is 5.06. The molecule has 0 atom stereocenters. The lowest BCUT2D eigenvalue weighted by Crippen LogP contribution is -2.36. The number of hydrogen-bond donors (Lipinski definition) is 2. The molecule has 2 amide bonds. The summed E-state index contributed by atoms with van der Waals surface area (Å²) in [7, 11) is 0. The number of hydrogen-bond acceptors (Lipinski definition) is 3. The maximum atomic E-state index is 12.7. The van der Waals surface area contributed by atoms with Gasteiger partial charge in [-0.25, -0.2) is 0 Å². The lowest BCUT2D eigenvalue weighted by atomic mass is 10.1. The van der Waals surface area contributed by atoms with Gasteiger partial charge in [-0.3, -0.25) is 9.59 Å². The summed E-state index contributed by atoms with van der Waals surface area (Å²) in [5, 5.41) is 3.91. The SMILES string of the molecule is CCOCCCNC(=O)C(=O)Nc1cc(C(F)(F)F)cc(C(F)(F)F)c1. The highest BCUT2D eigenvalue weighted by Gasteiger charge is 2.37. The third-order valence-corrected chi connectivity index (χ3v) is 3.01. The Kier molecular flexibility index (Phi) is 7.42. The molecule has 1 aromatic rings. The summed E-state index contributed by atoms with van der Waals surface area (Å²) in [5.74, 6) is -2.57. The second kappa shape index (κ2) is 8.88. The van der Waals surface area contributed by atoms with Crippen LogP contribution in [0, 0.1) is 0 Å². The van der Waals surface area contributed by atoms with Crippen molar-refractivity contribution < 1.29 is 40.7 Å². The van der Waals surface area contributed by atoms with Gasteiger partial charge in [0.15, 0.2) is 0 Å². The molecule has 0 aliphatic rings. The molecule has 0 fully saturated rings. The van der Waals surface area contributed by atoms with Crippen molar-refractivity contribution in [1.82, 2.24) is 5.32 Å². The van der Waals surface area contributed by atoms with Crippen LogP contribution in [0.1, 0.15) is 24.5 Å². The Labute approximate surface area is 144 Å². The molecule has 0 radical (unpaired) electrons. The van der Waals surface area contributed by atoms with Crippen LogP contribution in [0.3, 0.4) is 0 Å². The predicted octanol–water partition coefficient (Wildman–Crippen LogP) is 3.21. The molecule has 26 heavy (non-hydrogen) atoms. The average Bonchev–Trinajstić information content (AvgIpc) is 2.52. The Morgan fingerprint density at radius 3 is 1.96 bits per heavy atom. The number of halogens is 6. The van der Waals surface area contributed by atoms with Crippen LogP contribution in [-0.2, 0) is 26.7 Å². The number of alkyl halides is 6. The van der Waals surface area contributed by atoms with E-state index in [1.165, 1.54) is 0 Å². The maximum Gasteiger partial charge on any atom is 0.416 e. The van der Waals surface area contributed by atoms with Gasteiger partial charge in [0.05, 0.1) is 11.1 Å². The first-order chi connectivity index (χ1) is 11.9. The Bertz CT molecular complexity index is 611. The standard InChI is InChI=1S/C15H16F6N2O3/c1-2-26-5-3-4-22-12(24)13(25)23-11-7-9(14(16,17)18)6-10(8-11)15(19,20)21/h6-8H,2-5H2,1H3,(H,22,24)(H,23,25). The van der Waals surface area contributed by atoms with Gasteiger partial charge in [0.1, 0.15) is 0 Å². The zero-order valence-electron chi connectivity index (χ0n) is 13.6. The van der Waals surface area contributed by atoms with E-state index in [-0.39, 0.29) is 12.6 Å². The molecule has 1 aromatic carbocycles. The molecule has 0 aliphatic heterocycles. The molecule has 0 unspecified atom stereocenters. The summed E-state index contributed by atoms with van der Waals surface area (Å²) in [6.07, 6.45) is -9.72. The van der Waals surface area contributed by atoms with Gasteiger partial charge in [-0.05, 0) is 31.5 Å². The van der Waals surface area contributed by atoms with Crippen molar-refractivity contribution in [2.45, 2.75) is 25.7 Å². The van der Waals surface area contributed by atoms with Gasteiger partial charge in [0.25, 0.3) is 0 Å². The van der Waals surface area contributed by atoms with Crippen molar-refractivity contribution >= 4 is 17.5 Å². The fourth-order valence-corrected chi connectivity index (χ4v) is 1.82. The van der Waals surface area contributed by atoms with Crippen LogP contribution in [-0.4, -0.2) is 31.6 Å². The monoisotopic (exact) mass is 386 g/mol. The number of benzene rings is 1. The van der Waals surface area contributed by atoms with Crippen LogP contribution in [0.2, 0.25) is 0 Å². The number of anilines is 1. The number of amides is 2. The van der Waals surface area contributed by atoms with E-state index < -0.39 is 41.0 Å². The Balaban J connectivity index is 2.84. The van der Waals surface area contributed by atoms with Crippen LogP contribution < -0.4 is 10.6 Å². The van der Waals surface area contributed by atoms with E-state index in [9.17, 15) is 35.9 Å². The molecule has 1 rings (SSSR count). The minimum Gasteiger partial charge on any atom is -0.382 e. The lowest BCUT2D eigenvalue weighted by Gasteiger charge is -2.14. The van der Waals surface area contributed by atoms with Gasteiger partial charge in [0, 0.05) is 25.4 Å². The summed E-state index contributed by atoms with van der Waals surface area (Å²) in [5.41, 5.74) is -3.99. The summed E-state index contributed by atoms with van der Waals surface area (Å²) in [4.78, 5) is 23.2. The van der Waals surface area contributed by atoms with Crippen molar-refractivity contribution in [2.24, 2.45) is 0 Å². The van der Waals surface area contributed by atoms with E-state index >= 15 is 0 Å². The molecule has 0 bridgehead atoms. The highest BCUT2D eigenvalue weighted by Crippen LogP contribution is 2.37. The van der Waals surface area contributed by atoms with Crippen molar-refractivity contribution in [3.8, 4) is 0 Å². The number of carbonyl (C=O) groups excluding carboxylic acids is 2. The van der Waals surface area contributed by atoms with E-state index in [0.29, 0.717) is 31.8 Å². The first kappa shape index (κ1) is 21.7. The zero-order valence-corrected chi connectivity index (χ0v) is 13.6. The smallest absolute Gasteiger partial charge is 0.382 e. The topological polar surface area (TPSA) is 67.4 Å². The van der Waals surface area contributed by atoms with Crippen molar-refractivity contribution in [3.63, 3.8) is 0 Å². The van der Waals surface area contributed by atoms with E-state index in [1.807, 2.05) is 0 Å². The van der Waals surface area contributed by atoms with Crippen LogP contribution in [0.5, 0.6) is 0 Å². The molecule has 2 N–H and O–H groups in total. The quantitative estimate of drug-likeness (QED) is 0.448. The maximum absolute atomic E-state index is 12.7. The molecule has 0 spiro atoms. The zero-order chi connectivity index (χ0) is 20.0. The van der Waals surface area contributed by atoms with Crippen molar-refractivity contribution in [3.05, 3.63) is 29.3 Å². The van der Waals surface area contributed by atoms with E-state index in [2.05, 4.69) is 5.32 Å². The fraction of sp³-hybridized carbons (Fsp3) is 0.467. The van der Waals surface area contributed by atoms with E-state index in [4.69, 9.17) is 4.74 Å². The largest absolute Gasteiger partial charge is 0.416 e. The number of carbonyl (C=O) groups is 2. The molecule has 11 heteroatoms. The fourth-order valence-electron chi connectivity index (χ4n) is 1.82. The number of ether oxygens (including phenoxy) is 1. The van der Waals surface area contributed by atoms with Gasteiger partial charge in [-0.15, -0.1) is 0 Å². The molecule has 0 saturated heterocycles. The van der Waals surface area contributed by atoms with Gasteiger partial charge in [-0.1, -0.05) is 0 Å². The van der Waals surface area contributed by atoms with Gasteiger partial charge in [0.2, 0.25) is 0 Å². The van der Waals surface area contributed by atoms with Crippen molar-refractivity contribution in [1.29, 1.82) is 0 Å². The molecule has 0 saturated carbocycles. The number of rotatable bonds is 6. The third-order valence-electron chi connectivity index (χ3n) is 3.01. The van der Waals surface area contributed by atoms with E-state index in [1.54, 1.807) is 12.2 Å². The molecule has 0 aliphatic carbocycles. The summed E-state index contributed by atoms with van der Waals surface area (Å²) < 4.78 is 81.4. The van der Waals surface area contributed by atoms with Crippen LogP contribution >= 0.6 is 0 Å². The summed E-state index contributed by atoms with van der Waals surface area (Å²) >= 11 is 0. The van der Waals surface area contributed by atoms with Gasteiger partial charge < -0.3 is 15.4 Å². The number of nitrogens with one attached hydrogen (secondary N) is 2. The Morgan fingerprint density at radius 2 is 1.50 bits per heavy atom. The minimum atomic E-state index is -5.05. The highest BCUT2D eigenvalue weighted by molar-refractivity contribution is 6.39. The van der Waals surface area contributed by atoms with Gasteiger partial charge >= 0.3 is 24.2 Å². The van der Waals surface area contributed by atoms with Crippen LogP contribution in [0.4, 0.5) is 32.0 Å². The van der Waals surface area contributed by atoms with Crippen LogP contribution in [0.15, 0.2) is 18.2 Å². The third kappa shape index (κ3) is 6.90. The Morgan fingerprint density at radius 1 is 0.962 bits per heavy atom. The second-order valence-corrected chi connectivity index (χ2v) is 5.06. The van der Waals surface area contributed by atoms with Gasteiger partial charge in [-0.2, -0.15) is 26.3 Å².